The Morgan fingerprint density at radius 2 is 1.36 bits per heavy atom. The summed E-state index contributed by atoms with van der Waals surface area (Å²) in [4.78, 5) is 5.19. The smallest absolute Gasteiger partial charge is 0.0715 e. The lowest BCUT2D eigenvalue weighted by Crippen LogP contribution is -2.01. The van der Waals surface area contributed by atoms with E-state index in [2.05, 4.69) is 56.3 Å². The van der Waals surface area contributed by atoms with Crippen LogP contribution in [-0.2, 0) is 0 Å². The number of pyridine rings is 1. The van der Waals surface area contributed by atoms with Crippen molar-refractivity contribution in [2.75, 3.05) is 0 Å². The number of hydrogen-bond donors (Lipinski definition) is 0. The Kier molecular flexibility index (Phi) is 4.70. The number of benzene rings is 2. The summed E-state index contributed by atoms with van der Waals surface area (Å²) in [7, 11) is 0. The van der Waals surface area contributed by atoms with Gasteiger partial charge in [0.15, 0.2) is 0 Å². The van der Waals surface area contributed by atoms with Gasteiger partial charge in [-0.05, 0) is 86.8 Å². The van der Waals surface area contributed by atoms with E-state index < -0.39 is 0 Å². The number of nitrogens with zero attached hydrogens (tertiary/aromatic N) is 1. The average Bonchev–Trinajstić information content (AvgIpc) is 3.40. The molecule has 3 aromatic rings. The number of fused-ring (bicyclic) bond motifs is 1. The lowest BCUT2D eigenvalue weighted by molar-refractivity contribution is 0.705. The van der Waals surface area contributed by atoms with Crippen molar-refractivity contribution in [2.45, 2.75) is 77.0 Å². The van der Waals surface area contributed by atoms with E-state index in [1.54, 1.807) is 11.1 Å². The van der Waals surface area contributed by atoms with E-state index in [-0.39, 0.29) is 0 Å². The van der Waals surface area contributed by atoms with Crippen LogP contribution in [-0.4, -0.2) is 4.98 Å². The van der Waals surface area contributed by atoms with Crippen molar-refractivity contribution in [3.8, 4) is 11.3 Å². The molecule has 2 aromatic carbocycles. The van der Waals surface area contributed by atoms with Gasteiger partial charge in [-0.25, -0.2) is 4.98 Å². The summed E-state index contributed by atoms with van der Waals surface area (Å²) < 4.78 is 0. The van der Waals surface area contributed by atoms with E-state index in [1.807, 2.05) is 0 Å². The van der Waals surface area contributed by atoms with Gasteiger partial charge in [0.05, 0.1) is 11.2 Å². The Bertz CT molecular complexity index is 984. The zero-order valence-electron chi connectivity index (χ0n) is 17.3. The van der Waals surface area contributed by atoms with E-state index in [0.29, 0.717) is 0 Å². The Labute approximate surface area is 169 Å². The Morgan fingerprint density at radius 3 is 2.04 bits per heavy atom. The van der Waals surface area contributed by atoms with Gasteiger partial charge in [-0.2, -0.15) is 0 Å². The van der Waals surface area contributed by atoms with Gasteiger partial charge >= 0.3 is 0 Å². The topological polar surface area (TPSA) is 12.9 Å². The molecule has 0 unspecified atom stereocenters. The van der Waals surface area contributed by atoms with Crippen LogP contribution in [0, 0.1) is 13.8 Å². The standard InChI is InChI=1S/C27H31N/c1-18-13-19(2)15-23(14-18)26-12-11-24-25(21-9-5-6-10-21)16-22(17-27(24)28-26)20-7-3-4-8-20/h11-17,20-21H,3-10H2,1-2H3. The maximum atomic E-state index is 5.19. The van der Waals surface area contributed by atoms with E-state index in [4.69, 9.17) is 4.98 Å². The van der Waals surface area contributed by atoms with Gasteiger partial charge in [0.2, 0.25) is 0 Å². The molecule has 0 atom stereocenters. The molecule has 2 fully saturated rings. The monoisotopic (exact) mass is 369 g/mol. The van der Waals surface area contributed by atoms with Gasteiger partial charge < -0.3 is 0 Å². The molecule has 1 heterocycles. The molecule has 0 amide bonds. The van der Waals surface area contributed by atoms with Crippen LogP contribution < -0.4 is 0 Å². The van der Waals surface area contributed by atoms with Crippen LogP contribution in [0.1, 0.15) is 85.5 Å². The van der Waals surface area contributed by atoms with Crippen molar-refractivity contribution >= 4 is 10.9 Å². The Morgan fingerprint density at radius 1 is 0.714 bits per heavy atom. The molecule has 1 aromatic heterocycles. The lowest BCUT2D eigenvalue weighted by atomic mass is 9.87. The predicted molar refractivity (Wildman–Crippen MR) is 119 cm³/mol. The van der Waals surface area contributed by atoms with Crippen molar-refractivity contribution in [2.24, 2.45) is 0 Å². The molecule has 0 aliphatic heterocycles. The van der Waals surface area contributed by atoms with Crippen LogP contribution in [0.15, 0.2) is 42.5 Å². The van der Waals surface area contributed by atoms with Crippen molar-refractivity contribution in [3.05, 3.63) is 64.7 Å². The average molecular weight is 370 g/mol. The molecular formula is C27H31N. The molecule has 28 heavy (non-hydrogen) atoms. The predicted octanol–water partition coefficient (Wildman–Crippen LogP) is 7.83. The van der Waals surface area contributed by atoms with E-state index in [0.717, 1.165) is 17.5 Å². The molecule has 2 aliphatic carbocycles. The van der Waals surface area contributed by atoms with Crippen molar-refractivity contribution in [1.82, 2.24) is 4.98 Å². The van der Waals surface area contributed by atoms with Crippen LogP contribution in [0.5, 0.6) is 0 Å². The molecule has 144 valence electrons. The summed E-state index contributed by atoms with van der Waals surface area (Å²) >= 11 is 0. The highest BCUT2D eigenvalue weighted by atomic mass is 14.7. The lowest BCUT2D eigenvalue weighted by Gasteiger charge is -2.18. The maximum Gasteiger partial charge on any atom is 0.0715 e. The summed E-state index contributed by atoms with van der Waals surface area (Å²) in [6.45, 7) is 4.35. The number of aryl methyl sites for hydroxylation is 2. The van der Waals surface area contributed by atoms with E-state index in [1.165, 1.54) is 79.0 Å². The molecule has 1 nitrogen and oxygen atoms in total. The van der Waals surface area contributed by atoms with Crippen LogP contribution >= 0.6 is 0 Å². The minimum Gasteiger partial charge on any atom is -0.248 e. The molecule has 0 saturated heterocycles. The first-order valence-corrected chi connectivity index (χ1v) is 11.2. The molecule has 5 rings (SSSR count). The van der Waals surface area contributed by atoms with Gasteiger partial charge in [-0.3, -0.25) is 0 Å². The van der Waals surface area contributed by atoms with Crippen LogP contribution in [0.3, 0.4) is 0 Å². The van der Waals surface area contributed by atoms with Crippen molar-refractivity contribution in [3.63, 3.8) is 0 Å². The molecule has 0 spiro atoms. The third kappa shape index (κ3) is 3.36. The van der Waals surface area contributed by atoms with Crippen LogP contribution in [0.4, 0.5) is 0 Å². The highest BCUT2D eigenvalue weighted by Crippen LogP contribution is 2.42. The number of rotatable bonds is 3. The van der Waals surface area contributed by atoms with Crippen LogP contribution in [0.25, 0.3) is 22.2 Å². The normalized spacial score (nSPS) is 18.4. The van der Waals surface area contributed by atoms with Crippen molar-refractivity contribution in [1.29, 1.82) is 0 Å². The minimum absolute atomic E-state index is 0.734. The molecule has 0 bridgehead atoms. The fourth-order valence-electron chi connectivity index (χ4n) is 5.64. The SMILES string of the molecule is Cc1cc(C)cc(-c2ccc3c(C4CCCC4)cc(C4CCCC4)cc3n2)c1. The molecule has 2 aliphatic rings. The molecule has 2 saturated carbocycles. The highest BCUT2D eigenvalue weighted by molar-refractivity contribution is 5.86. The molecule has 1 heteroatoms. The summed E-state index contributed by atoms with van der Waals surface area (Å²) in [5.41, 5.74) is 9.32. The first-order valence-electron chi connectivity index (χ1n) is 11.2. The largest absolute Gasteiger partial charge is 0.248 e. The second-order valence-corrected chi connectivity index (χ2v) is 9.21. The minimum atomic E-state index is 0.734. The van der Waals surface area contributed by atoms with Gasteiger partial charge in [0.25, 0.3) is 0 Å². The van der Waals surface area contributed by atoms with Gasteiger partial charge in [0, 0.05) is 10.9 Å². The first-order chi connectivity index (χ1) is 13.7. The Balaban J connectivity index is 1.66. The summed E-state index contributed by atoms with van der Waals surface area (Å²) in [5.74, 6) is 1.48. The fraction of sp³-hybridized carbons (Fsp3) is 0.444. The van der Waals surface area contributed by atoms with Gasteiger partial charge in [0.1, 0.15) is 0 Å². The summed E-state index contributed by atoms with van der Waals surface area (Å²) in [6, 6.07) is 16.3. The molecule has 0 N–H and O–H groups in total. The molecule has 0 radical (unpaired) electrons. The second kappa shape index (κ2) is 7.35. The van der Waals surface area contributed by atoms with Gasteiger partial charge in [-0.15, -0.1) is 0 Å². The van der Waals surface area contributed by atoms with Crippen LogP contribution in [0.2, 0.25) is 0 Å². The zero-order valence-corrected chi connectivity index (χ0v) is 17.3. The second-order valence-electron chi connectivity index (χ2n) is 9.21. The number of hydrogen-bond acceptors (Lipinski definition) is 1. The summed E-state index contributed by atoms with van der Waals surface area (Å²) in [6.07, 6.45) is 10.9. The first kappa shape index (κ1) is 17.9. The summed E-state index contributed by atoms with van der Waals surface area (Å²) in [5, 5.41) is 1.39. The number of aromatic nitrogens is 1. The fourth-order valence-corrected chi connectivity index (χ4v) is 5.64. The maximum absolute atomic E-state index is 5.19. The third-order valence-electron chi connectivity index (χ3n) is 7.00. The quantitative estimate of drug-likeness (QED) is 0.458. The van der Waals surface area contributed by atoms with E-state index in [9.17, 15) is 0 Å². The molecular weight excluding hydrogens is 338 g/mol. The highest BCUT2D eigenvalue weighted by Gasteiger charge is 2.23. The zero-order chi connectivity index (χ0) is 19.1. The van der Waals surface area contributed by atoms with Crippen molar-refractivity contribution < 1.29 is 0 Å². The third-order valence-corrected chi connectivity index (χ3v) is 7.00. The Hall–Kier alpha value is -2.15. The van der Waals surface area contributed by atoms with Gasteiger partial charge in [-0.1, -0.05) is 55.0 Å². The van der Waals surface area contributed by atoms with E-state index >= 15 is 0 Å².